The summed E-state index contributed by atoms with van der Waals surface area (Å²) in [5.41, 5.74) is 7.29. The molecule has 3 N–H and O–H groups in total. The van der Waals surface area contributed by atoms with Gasteiger partial charge in [-0.05, 0) is 61.6 Å². The van der Waals surface area contributed by atoms with Gasteiger partial charge in [-0.3, -0.25) is 9.78 Å². The van der Waals surface area contributed by atoms with Crippen LogP contribution >= 0.6 is 0 Å². The van der Waals surface area contributed by atoms with Gasteiger partial charge < -0.3 is 15.2 Å². The van der Waals surface area contributed by atoms with Crippen LogP contribution in [0.3, 0.4) is 0 Å². The Morgan fingerprint density at radius 3 is 2.70 bits per heavy atom. The summed E-state index contributed by atoms with van der Waals surface area (Å²) in [5, 5.41) is 16.9. The van der Waals surface area contributed by atoms with E-state index in [1.807, 2.05) is 51.7 Å². The molecule has 186 valence electrons. The Morgan fingerprint density at radius 2 is 1.89 bits per heavy atom. The number of halogens is 1. The quantitative estimate of drug-likeness (QED) is 0.297. The summed E-state index contributed by atoms with van der Waals surface area (Å²) in [6.07, 6.45) is 7.28. The topological polar surface area (TPSA) is 103 Å². The zero-order chi connectivity index (χ0) is 25.5. The summed E-state index contributed by atoms with van der Waals surface area (Å²) in [7, 11) is 5.90. The van der Waals surface area contributed by atoms with Gasteiger partial charge >= 0.3 is 0 Å². The third-order valence-corrected chi connectivity index (χ3v) is 6.35. The van der Waals surface area contributed by atoms with Gasteiger partial charge in [0.15, 0.2) is 5.65 Å². The molecule has 0 radical (unpaired) electrons. The van der Waals surface area contributed by atoms with Crippen LogP contribution in [-0.2, 0) is 7.05 Å². The summed E-state index contributed by atoms with van der Waals surface area (Å²) in [6.45, 7) is 1.57. The zero-order valence-corrected chi connectivity index (χ0v) is 20.7. The maximum absolute atomic E-state index is 14.6. The highest BCUT2D eigenvalue weighted by molar-refractivity contribution is 6.00. The fourth-order valence-corrected chi connectivity index (χ4v) is 4.52. The number of nitrogens with one attached hydrogen (secondary N) is 3. The molecule has 0 bridgehead atoms. The lowest BCUT2D eigenvalue weighted by Crippen LogP contribution is -2.20. The van der Waals surface area contributed by atoms with Crippen LogP contribution in [0.5, 0.6) is 0 Å². The molecular weight excluding hydrogens is 469 g/mol. The Bertz CT molecular complexity index is 1730. The SMILES string of the molecule is CN(C)CCNc1cc(F)cc(-c2ccnc3[nH]c(-c4[nH]nc5ncc(-c6cnn(C)c6)cc45)cc23)c1. The maximum Gasteiger partial charge on any atom is 0.181 e. The first-order chi connectivity index (χ1) is 17.9. The lowest BCUT2D eigenvalue weighted by Gasteiger charge is -2.13. The number of aromatic amines is 2. The number of likely N-dealkylation sites (N-methyl/N-ethyl adjacent to an activating group) is 1. The number of hydrogen-bond donors (Lipinski definition) is 3. The predicted octanol–water partition coefficient (Wildman–Crippen LogP) is 4.68. The molecule has 0 atom stereocenters. The Hall–Kier alpha value is -4.57. The number of rotatable bonds is 7. The molecule has 0 amide bonds. The first-order valence-electron chi connectivity index (χ1n) is 12.0. The summed E-state index contributed by atoms with van der Waals surface area (Å²) in [4.78, 5) is 14.5. The average molecular weight is 496 g/mol. The molecular formula is C27H26FN9. The predicted molar refractivity (Wildman–Crippen MR) is 144 cm³/mol. The van der Waals surface area contributed by atoms with Crippen molar-refractivity contribution in [1.29, 1.82) is 0 Å². The molecule has 0 aliphatic carbocycles. The molecule has 9 nitrogen and oxygen atoms in total. The van der Waals surface area contributed by atoms with Crippen molar-refractivity contribution in [2.75, 3.05) is 32.5 Å². The molecule has 0 aliphatic heterocycles. The van der Waals surface area contributed by atoms with Crippen LogP contribution in [0.2, 0.25) is 0 Å². The molecule has 0 spiro atoms. The second kappa shape index (κ2) is 9.14. The molecule has 37 heavy (non-hydrogen) atoms. The Kier molecular flexibility index (Phi) is 5.65. The number of benzene rings is 1. The molecule has 0 saturated carbocycles. The van der Waals surface area contributed by atoms with E-state index < -0.39 is 0 Å². The van der Waals surface area contributed by atoms with Crippen LogP contribution in [0.1, 0.15) is 0 Å². The van der Waals surface area contributed by atoms with Crippen molar-refractivity contribution in [3.63, 3.8) is 0 Å². The lowest BCUT2D eigenvalue weighted by molar-refractivity contribution is 0.425. The van der Waals surface area contributed by atoms with Gasteiger partial charge in [0.1, 0.15) is 11.5 Å². The van der Waals surface area contributed by atoms with Gasteiger partial charge in [-0.15, -0.1) is 0 Å². The molecule has 6 rings (SSSR count). The number of H-pyrrole nitrogens is 2. The minimum absolute atomic E-state index is 0.292. The van der Waals surface area contributed by atoms with Gasteiger partial charge in [0.2, 0.25) is 0 Å². The number of hydrogen-bond acceptors (Lipinski definition) is 6. The molecule has 10 heteroatoms. The number of aryl methyl sites for hydroxylation is 1. The number of pyridine rings is 2. The highest BCUT2D eigenvalue weighted by atomic mass is 19.1. The zero-order valence-electron chi connectivity index (χ0n) is 20.7. The molecule has 6 aromatic rings. The first kappa shape index (κ1) is 22.9. The maximum atomic E-state index is 14.6. The van der Waals surface area contributed by atoms with E-state index in [0.717, 1.165) is 63.2 Å². The van der Waals surface area contributed by atoms with Crippen molar-refractivity contribution < 1.29 is 4.39 Å². The largest absolute Gasteiger partial charge is 0.384 e. The Balaban J connectivity index is 1.40. The van der Waals surface area contributed by atoms with Crippen molar-refractivity contribution in [3.05, 3.63) is 67.0 Å². The molecule has 5 aromatic heterocycles. The van der Waals surface area contributed by atoms with Gasteiger partial charge in [-0.25, -0.2) is 14.4 Å². The van der Waals surface area contributed by atoms with E-state index in [9.17, 15) is 4.39 Å². The van der Waals surface area contributed by atoms with E-state index in [1.54, 1.807) is 23.1 Å². The summed E-state index contributed by atoms with van der Waals surface area (Å²) in [5.74, 6) is -0.292. The number of aromatic nitrogens is 7. The molecule has 0 fully saturated rings. The van der Waals surface area contributed by atoms with Gasteiger partial charge in [-0.1, -0.05) is 0 Å². The minimum atomic E-state index is -0.292. The van der Waals surface area contributed by atoms with E-state index in [1.165, 1.54) is 6.07 Å². The van der Waals surface area contributed by atoms with Gasteiger partial charge in [-0.2, -0.15) is 10.2 Å². The fraction of sp³-hybridized carbons (Fsp3) is 0.185. The Morgan fingerprint density at radius 1 is 1.00 bits per heavy atom. The normalized spacial score (nSPS) is 11.7. The molecule has 0 saturated heterocycles. The minimum Gasteiger partial charge on any atom is -0.384 e. The fourth-order valence-electron chi connectivity index (χ4n) is 4.52. The molecule has 0 aliphatic rings. The van der Waals surface area contributed by atoms with Gasteiger partial charge in [0.05, 0.1) is 17.6 Å². The molecule has 1 aromatic carbocycles. The summed E-state index contributed by atoms with van der Waals surface area (Å²) in [6, 6.07) is 11.0. The number of fused-ring (bicyclic) bond motifs is 2. The van der Waals surface area contributed by atoms with Crippen LogP contribution in [0, 0.1) is 5.82 Å². The van der Waals surface area contributed by atoms with Crippen molar-refractivity contribution >= 4 is 27.8 Å². The van der Waals surface area contributed by atoms with Gasteiger partial charge in [0, 0.05) is 66.3 Å². The smallest absolute Gasteiger partial charge is 0.181 e. The Labute approximate surface area is 212 Å². The van der Waals surface area contributed by atoms with Gasteiger partial charge in [0.25, 0.3) is 0 Å². The first-order valence-corrected chi connectivity index (χ1v) is 12.0. The van der Waals surface area contributed by atoms with E-state index >= 15 is 0 Å². The van der Waals surface area contributed by atoms with E-state index in [0.29, 0.717) is 11.3 Å². The second-order valence-electron chi connectivity index (χ2n) is 9.36. The summed E-state index contributed by atoms with van der Waals surface area (Å²) >= 11 is 0. The van der Waals surface area contributed by atoms with Crippen LogP contribution in [0.25, 0.3) is 55.7 Å². The average Bonchev–Trinajstić information content (AvgIpc) is 3.60. The number of nitrogens with zero attached hydrogens (tertiary/aromatic N) is 6. The van der Waals surface area contributed by atoms with Crippen molar-refractivity contribution in [2.24, 2.45) is 7.05 Å². The molecule has 0 unspecified atom stereocenters. The highest BCUT2D eigenvalue weighted by Gasteiger charge is 2.16. The van der Waals surface area contributed by atoms with Crippen LogP contribution in [0.4, 0.5) is 10.1 Å². The van der Waals surface area contributed by atoms with E-state index in [4.69, 9.17) is 0 Å². The summed E-state index contributed by atoms with van der Waals surface area (Å²) < 4.78 is 16.3. The highest BCUT2D eigenvalue weighted by Crippen LogP contribution is 2.35. The number of anilines is 1. The third kappa shape index (κ3) is 4.43. The molecule has 5 heterocycles. The second-order valence-corrected chi connectivity index (χ2v) is 9.36. The lowest BCUT2D eigenvalue weighted by atomic mass is 10.0. The van der Waals surface area contributed by atoms with Crippen LogP contribution in [-0.4, -0.2) is 67.0 Å². The van der Waals surface area contributed by atoms with Crippen molar-refractivity contribution in [2.45, 2.75) is 0 Å². The third-order valence-electron chi connectivity index (χ3n) is 6.35. The van der Waals surface area contributed by atoms with E-state index in [-0.39, 0.29) is 5.82 Å². The van der Waals surface area contributed by atoms with Crippen molar-refractivity contribution in [1.82, 2.24) is 39.8 Å². The van der Waals surface area contributed by atoms with Crippen molar-refractivity contribution in [3.8, 4) is 33.6 Å². The van der Waals surface area contributed by atoms with E-state index in [2.05, 4.69) is 46.5 Å². The van der Waals surface area contributed by atoms with Crippen LogP contribution < -0.4 is 5.32 Å². The standard InChI is InChI=1S/C27H26FN9/c1-36(2)7-6-29-20-9-16(8-19(28)11-20)21-4-5-30-26-22(21)12-24(33-26)25-23-10-17(13-31-27(23)35-34-25)18-14-32-37(3)15-18/h4-5,8-15,29H,6-7H2,1-3H3,(H,30,33)(H,31,34,35). The monoisotopic (exact) mass is 495 g/mol. The van der Waals surface area contributed by atoms with Crippen LogP contribution in [0.15, 0.2) is 61.2 Å².